The second kappa shape index (κ2) is 4.35. The first-order chi connectivity index (χ1) is 5.29. The summed E-state index contributed by atoms with van der Waals surface area (Å²) in [5.41, 5.74) is 1.12. The number of rotatable bonds is 2. The van der Waals surface area contributed by atoms with Crippen LogP contribution in [-0.2, 0) is 4.74 Å². The average Bonchev–Trinajstić information content (AvgIpc) is 2.03. The predicted octanol–water partition coefficient (Wildman–Crippen LogP) is 2.55. The van der Waals surface area contributed by atoms with E-state index in [1.807, 2.05) is 6.92 Å². The fourth-order valence-corrected chi connectivity index (χ4v) is 1.22. The first-order valence-electron chi connectivity index (χ1n) is 4.20. The molecule has 1 heterocycles. The molecule has 0 saturated carbocycles. The van der Waals surface area contributed by atoms with Gasteiger partial charge in [-0.15, -0.1) is 0 Å². The van der Waals surface area contributed by atoms with Gasteiger partial charge in [-0.3, -0.25) is 0 Å². The van der Waals surface area contributed by atoms with E-state index in [2.05, 4.69) is 18.7 Å². The summed E-state index contributed by atoms with van der Waals surface area (Å²) in [6.45, 7) is 7.66. The fraction of sp³-hybridized carbons (Fsp3) is 0.600. The van der Waals surface area contributed by atoms with Gasteiger partial charge in [0.25, 0.3) is 0 Å². The summed E-state index contributed by atoms with van der Waals surface area (Å²) in [5, 5.41) is 0. The lowest BCUT2D eigenvalue weighted by Crippen LogP contribution is -2.14. The quantitative estimate of drug-likeness (QED) is 0.552. The molecule has 1 fully saturated rings. The first-order valence-corrected chi connectivity index (χ1v) is 4.20. The van der Waals surface area contributed by atoms with Crippen molar-refractivity contribution in [2.24, 2.45) is 5.92 Å². The Morgan fingerprint density at radius 1 is 1.64 bits per heavy atom. The SMILES string of the molecule is C=C(C)/C=C/C1CCCOC1. The van der Waals surface area contributed by atoms with Crippen LogP contribution in [-0.4, -0.2) is 13.2 Å². The van der Waals surface area contributed by atoms with Crippen molar-refractivity contribution in [3.63, 3.8) is 0 Å². The summed E-state index contributed by atoms with van der Waals surface area (Å²) in [6, 6.07) is 0. The van der Waals surface area contributed by atoms with Crippen LogP contribution in [0.1, 0.15) is 19.8 Å². The van der Waals surface area contributed by atoms with Gasteiger partial charge in [0.2, 0.25) is 0 Å². The molecule has 0 bridgehead atoms. The highest BCUT2D eigenvalue weighted by molar-refractivity contribution is 5.12. The normalized spacial score (nSPS) is 25.7. The standard InChI is InChI=1S/C10H16O/c1-9(2)5-6-10-4-3-7-11-8-10/h5-6,10H,1,3-4,7-8H2,2H3/b6-5+. The van der Waals surface area contributed by atoms with Crippen LogP contribution in [0.2, 0.25) is 0 Å². The van der Waals surface area contributed by atoms with Crippen molar-refractivity contribution in [1.29, 1.82) is 0 Å². The Bertz CT molecular complexity index is 152. The van der Waals surface area contributed by atoms with Crippen molar-refractivity contribution >= 4 is 0 Å². The van der Waals surface area contributed by atoms with Gasteiger partial charge in [-0.2, -0.15) is 0 Å². The van der Waals surface area contributed by atoms with Crippen LogP contribution < -0.4 is 0 Å². The molecule has 0 aromatic carbocycles. The fourth-order valence-electron chi connectivity index (χ4n) is 1.22. The van der Waals surface area contributed by atoms with E-state index in [4.69, 9.17) is 4.74 Å². The van der Waals surface area contributed by atoms with E-state index < -0.39 is 0 Å². The lowest BCUT2D eigenvalue weighted by molar-refractivity contribution is 0.0710. The molecule has 1 rings (SSSR count). The van der Waals surface area contributed by atoms with Gasteiger partial charge < -0.3 is 4.74 Å². The molecule has 62 valence electrons. The summed E-state index contributed by atoms with van der Waals surface area (Å²) < 4.78 is 5.33. The smallest absolute Gasteiger partial charge is 0.0528 e. The summed E-state index contributed by atoms with van der Waals surface area (Å²) >= 11 is 0. The molecule has 1 unspecified atom stereocenters. The Morgan fingerprint density at radius 3 is 3.00 bits per heavy atom. The number of hydrogen-bond donors (Lipinski definition) is 0. The van der Waals surface area contributed by atoms with Gasteiger partial charge in [-0.1, -0.05) is 24.3 Å². The molecule has 1 nitrogen and oxygen atoms in total. The molecule has 1 heteroatoms. The molecule has 0 spiro atoms. The molecule has 0 radical (unpaired) electrons. The van der Waals surface area contributed by atoms with E-state index >= 15 is 0 Å². The van der Waals surface area contributed by atoms with Crippen molar-refractivity contribution in [3.8, 4) is 0 Å². The van der Waals surface area contributed by atoms with Gasteiger partial charge in [0.1, 0.15) is 0 Å². The molecule has 0 amide bonds. The molecule has 0 aromatic rings. The third kappa shape index (κ3) is 3.38. The van der Waals surface area contributed by atoms with E-state index in [1.54, 1.807) is 0 Å². The van der Waals surface area contributed by atoms with Gasteiger partial charge in [0.05, 0.1) is 6.61 Å². The summed E-state index contributed by atoms with van der Waals surface area (Å²) in [4.78, 5) is 0. The number of ether oxygens (including phenoxy) is 1. The zero-order valence-corrected chi connectivity index (χ0v) is 7.18. The lowest BCUT2D eigenvalue weighted by Gasteiger charge is -2.18. The van der Waals surface area contributed by atoms with E-state index in [-0.39, 0.29) is 0 Å². The zero-order chi connectivity index (χ0) is 8.10. The van der Waals surface area contributed by atoms with Gasteiger partial charge >= 0.3 is 0 Å². The molecule has 1 aliphatic rings. The molecular weight excluding hydrogens is 136 g/mol. The number of allylic oxidation sites excluding steroid dienone is 2. The van der Waals surface area contributed by atoms with E-state index in [0.29, 0.717) is 5.92 Å². The van der Waals surface area contributed by atoms with Crippen LogP contribution in [0, 0.1) is 5.92 Å². The van der Waals surface area contributed by atoms with Gasteiger partial charge in [-0.25, -0.2) is 0 Å². The first kappa shape index (κ1) is 8.54. The van der Waals surface area contributed by atoms with Crippen LogP contribution >= 0.6 is 0 Å². The lowest BCUT2D eigenvalue weighted by atomic mass is 10.0. The molecule has 1 atom stereocenters. The minimum atomic E-state index is 0.625. The molecule has 0 aromatic heterocycles. The van der Waals surface area contributed by atoms with Crippen molar-refractivity contribution < 1.29 is 4.74 Å². The Kier molecular flexibility index (Phi) is 3.37. The highest BCUT2D eigenvalue weighted by atomic mass is 16.5. The Labute approximate surface area is 68.8 Å². The molecule has 1 saturated heterocycles. The van der Waals surface area contributed by atoms with Gasteiger partial charge in [0.15, 0.2) is 0 Å². The molecule has 1 aliphatic heterocycles. The largest absolute Gasteiger partial charge is 0.381 e. The van der Waals surface area contributed by atoms with Crippen LogP contribution in [0.5, 0.6) is 0 Å². The van der Waals surface area contributed by atoms with E-state index in [9.17, 15) is 0 Å². The van der Waals surface area contributed by atoms with Crippen LogP contribution in [0.3, 0.4) is 0 Å². The summed E-state index contributed by atoms with van der Waals surface area (Å²) in [7, 11) is 0. The topological polar surface area (TPSA) is 9.23 Å². The Hall–Kier alpha value is -0.560. The van der Waals surface area contributed by atoms with Crippen molar-refractivity contribution in [1.82, 2.24) is 0 Å². The minimum Gasteiger partial charge on any atom is -0.381 e. The van der Waals surface area contributed by atoms with Crippen molar-refractivity contribution in [2.75, 3.05) is 13.2 Å². The van der Waals surface area contributed by atoms with Gasteiger partial charge in [0, 0.05) is 12.5 Å². The summed E-state index contributed by atoms with van der Waals surface area (Å²) in [5.74, 6) is 0.625. The van der Waals surface area contributed by atoms with Crippen LogP contribution in [0.25, 0.3) is 0 Å². The highest BCUT2D eigenvalue weighted by Crippen LogP contribution is 2.14. The van der Waals surface area contributed by atoms with E-state index in [1.165, 1.54) is 12.8 Å². The van der Waals surface area contributed by atoms with Crippen molar-refractivity contribution in [3.05, 3.63) is 24.3 Å². The maximum atomic E-state index is 5.33. The zero-order valence-electron chi connectivity index (χ0n) is 7.18. The molecule has 0 aliphatic carbocycles. The average molecular weight is 152 g/mol. The predicted molar refractivity (Wildman–Crippen MR) is 47.5 cm³/mol. The van der Waals surface area contributed by atoms with Crippen LogP contribution in [0.15, 0.2) is 24.3 Å². The molecular formula is C10H16O. The molecule has 11 heavy (non-hydrogen) atoms. The maximum absolute atomic E-state index is 5.33. The summed E-state index contributed by atoms with van der Waals surface area (Å²) in [6.07, 6.45) is 6.76. The third-order valence-corrected chi connectivity index (χ3v) is 1.85. The Morgan fingerprint density at radius 2 is 2.45 bits per heavy atom. The molecule has 0 N–H and O–H groups in total. The van der Waals surface area contributed by atoms with Crippen molar-refractivity contribution in [2.45, 2.75) is 19.8 Å². The second-order valence-corrected chi connectivity index (χ2v) is 3.18. The minimum absolute atomic E-state index is 0.625. The number of hydrogen-bond acceptors (Lipinski definition) is 1. The highest BCUT2D eigenvalue weighted by Gasteiger charge is 2.09. The van der Waals surface area contributed by atoms with E-state index in [0.717, 1.165) is 18.8 Å². The second-order valence-electron chi connectivity index (χ2n) is 3.18. The van der Waals surface area contributed by atoms with Gasteiger partial charge in [-0.05, 0) is 19.8 Å². The maximum Gasteiger partial charge on any atom is 0.0528 e. The third-order valence-electron chi connectivity index (χ3n) is 1.85. The van der Waals surface area contributed by atoms with Crippen LogP contribution in [0.4, 0.5) is 0 Å². The Balaban J connectivity index is 2.29. The monoisotopic (exact) mass is 152 g/mol.